The Labute approximate surface area is 110 Å². The normalized spacial score (nSPS) is 16.5. The predicted molar refractivity (Wildman–Crippen MR) is 71.1 cm³/mol. The molecule has 1 amide bonds. The molecule has 17 heavy (non-hydrogen) atoms. The molecule has 0 aliphatic heterocycles. The Morgan fingerprint density at radius 3 is 2.47 bits per heavy atom. The summed E-state index contributed by atoms with van der Waals surface area (Å²) in [7, 11) is 0. The third kappa shape index (κ3) is 4.04. The van der Waals surface area contributed by atoms with E-state index in [9.17, 15) is 4.79 Å². The fourth-order valence-corrected chi connectivity index (χ4v) is 2.28. The van der Waals surface area contributed by atoms with E-state index in [2.05, 4.69) is 21.2 Å². The minimum absolute atomic E-state index is 0.0965. The highest BCUT2D eigenvalue weighted by Crippen LogP contribution is 2.21. The average Bonchev–Trinajstić information content (AvgIpc) is 2.33. The molecule has 1 saturated carbocycles. The molecule has 1 aromatic rings. The number of hydrogen-bond donors (Lipinski definition) is 1. The van der Waals surface area contributed by atoms with Crippen LogP contribution in [0.25, 0.3) is 0 Å². The van der Waals surface area contributed by atoms with E-state index >= 15 is 0 Å². The van der Waals surface area contributed by atoms with Crippen LogP contribution in [-0.2, 0) is 4.74 Å². The molecule has 0 atom stereocenters. The van der Waals surface area contributed by atoms with Crippen LogP contribution in [0.4, 0.5) is 10.5 Å². The molecule has 2 rings (SSSR count). The largest absolute Gasteiger partial charge is 0.446 e. The van der Waals surface area contributed by atoms with Gasteiger partial charge in [0.1, 0.15) is 6.10 Å². The molecule has 0 bridgehead atoms. The quantitative estimate of drug-likeness (QED) is 0.882. The minimum atomic E-state index is -0.348. The van der Waals surface area contributed by atoms with Gasteiger partial charge in [0.15, 0.2) is 0 Å². The Kier molecular flexibility index (Phi) is 4.42. The van der Waals surface area contributed by atoms with Crippen LogP contribution in [0.15, 0.2) is 28.7 Å². The number of hydrogen-bond acceptors (Lipinski definition) is 2. The molecule has 0 heterocycles. The smallest absolute Gasteiger partial charge is 0.411 e. The van der Waals surface area contributed by atoms with Crippen LogP contribution in [0.2, 0.25) is 0 Å². The highest BCUT2D eigenvalue weighted by atomic mass is 79.9. The minimum Gasteiger partial charge on any atom is -0.446 e. The zero-order chi connectivity index (χ0) is 12.1. The van der Waals surface area contributed by atoms with Crippen molar-refractivity contribution in [3.8, 4) is 0 Å². The van der Waals surface area contributed by atoms with Crippen LogP contribution >= 0.6 is 15.9 Å². The maximum atomic E-state index is 11.6. The summed E-state index contributed by atoms with van der Waals surface area (Å²) in [6.45, 7) is 0. The Bertz CT molecular complexity index is 372. The van der Waals surface area contributed by atoms with Crippen molar-refractivity contribution in [2.45, 2.75) is 38.2 Å². The van der Waals surface area contributed by atoms with E-state index in [0.29, 0.717) is 0 Å². The topological polar surface area (TPSA) is 38.3 Å². The molecular weight excluding hydrogens is 282 g/mol. The Morgan fingerprint density at radius 2 is 1.82 bits per heavy atom. The Hall–Kier alpha value is -1.03. The van der Waals surface area contributed by atoms with E-state index < -0.39 is 0 Å². The van der Waals surface area contributed by atoms with Crippen molar-refractivity contribution in [1.82, 2.24) is 0 Å². The highest BCUT2D eigenvalue weighted by Gasteiger charge is 2.17. The number of nitrogens with one attached hydrogen (secondary N) is 1. The van der Waals surface area contributed by atoms with Crippen LogP contribution in [0.3, 0.4) is 0 Å². The van der Waals surface area contributed by atoms with E-state index in [1.54, 1.807) is 0 Å². The second-order valence-corrected chi connectivity index (χ2v) is 5.21. The molecular formula is C13H16BrNO2. The number of ether oxygens (including phenoxy) is 1. The molecule has 1 aliphatic carbocycles. The first-order chi connectivity index (χ1) is 8.24. The maximum absolute atomic E-state index is 11.6. The van der Waals surface area contributed by atoms with Crippen molar-refractivity contribution in [3.63, 3.8) is 0 Å². The van der Waals surface area contributed by atoms with Gasteiger partial charge in [0.2, 0.25) is 0 Å². The number of amides is 1. The number of anilines is 1. The van der Waals surface area contributed by atoms with Crippen molar-refractivity contribution in [2.75, 3.05) is 5.32 Å². The molecule has 0 radical (unpaired) electrons. The molecule has 1 aromatic carbocycles. The molecule has 92 valence electrons. The summed E-state index contributed by atoms with van der Waals surface area (Å²) in [5.41, 5.74) is 0.758. The first-order valence-electron chi connectivity index (χ1n) is 5.97. The lowest BCUT2D eigenvalue weighted by molar-refractivity contribution is 0.0865. The third-order valence-corrected chi connectivity index (χ3v) is 3.45. The van der Waals surface area contributed by atoms with Gasteiger partial charge in [0.25, 0.3) is 0 Å². The standard InChI is InChI=1S/C13H16BrNO2/c14-10-6-8-11(9-7-10)15-13(16)17-12-4-2-1-3-5-12/h6-9,12H,1-5H2,(H,15,16). The number of carbonyl (C=O) groups is 1. The zero-order valence-electron chi connectivity index (χ0n) is 9.62. The van der Waals surface area contributed by atoms with Crippen LogP contribution in [0, 0.1) is 0 Å². The molecule has 4 heteroatoms. The SMILES string of the molecule is O=C(Nc1ccc(Br)cc1)OC1CCCCC1. The van der Waals surface area contributed by atoms with Crippen LogP contribution in [0.5, 0.6) is 0 Å². The molecule has 0 unspecified atom stereocenters. The lowest BCUT2D eigenvalue weighted by Crippen LogP contribution is -2.24. The maximum Gasteiger partial charge on any atom is 0.411 e. The number of benzene rings is 1. The van der Waals surface area contributed by atoms with Gasteiger partial charge in [-0.1, -0.05) is 22.4 Å². The fourth-order valence-electron chi connectivity index (χ4n) is 2.01. The van der Waals surface area contributed by atoms with Gasteiger partial charge in [-0.05, 0) is 49.9 Å². The van der Waals surface area contributed by atoms with Crippen molar-refractivity contribution >= 4 is 27.7 Å². The zero-order valence-corrected chi connectivity index (χ0v) is 11.2. The summed E-state index contributed by atoms with van der Waals surface area (Å²) in [5, 5.41) is 2.73. The second kappa shape index (κ2) is 6.05. The van der Waals surface area contributed by atoms with E-state index in [0.717, 1.165) is 35.8 Å². The van der Waals surface area contributed by atoms with Gasteiger partial charge < -0.3 is 4.74 Å². The summed E-state index contributed by atoms with van der Waals surface area (Å²) < 4.78 is 6.35. The first kappa shape index (κ1) is 12.4. The van der Waals surface area contributed by atoms with Gasteiger partial charge in [-0.3, -0.25) is 5.32 Å². The number of carbonyl (C=O) groups excluding carboxylic acids is 1. The number of halogens is 1. The summed E-state index contributed by atoms with van der Waals surface area (Å²) >= 11 is 3.35. The van der Waals surface area contributed by atoms with Crippen molar-refractivity contribution in [1.29, 1.82) is 0 Å². The van der Waals surface area contributed by atoms with Gasteiger partial charge in [-0.15, -0.1) is 0 Å². The van der Waals surface area contributed by atoms with Crippen molar-refractivity contribution in [3.05, 3.63) is 28.7 Å². The van der Waals surface area contributed by atoms with Crippen LogP contribution in [-0.4, -0.2) is 12.2 Å². The van der Waals surface area contributed by atoms with E-state index in [1.165, 1.54) is 6.42 Å². The van der Waals surface area contributed by atoms with Crippen molar-refractivity contribution in [2.24, 2.45) is 0 Å². The van der Waals surface area contributed by atoms with E-state index in [4.69, 9.17) is 4.74 Å². The fraction of sp³-hybridized carbons (Fsp3) is 0.462. The van der Waals surface area contributed by atoms with Crippen LogP contribution < -0.4 is 5.32 Å². The summed E-state index contributed by atoms with van der Waals surface area (Å²) in [4.78, 5) is 11.6. The first-order valence-corrected chi connectivity index (χ1v) is 6.76. The monoisotopic (exact) mass is 297 g/mol. The lowest BCUT2D eigenvalue weighted by Gasteiger charge is -2.21. The van der Waals surface area contributed by atoms with E-state index in [-0.39, 0.29) is 12.2 Å². The molecule has 0 spiro atoms. The molecule has 0 saturated heterocycles. The predicted octanol–water partition coefficient (Wildman–Crippen LogP) is 4.33. The summed E-state index contributed by atoms with van der Waals surface area (Å²) in [6.07, 6.45) is 5.32. The Morgan fingerprint density at radius 1 is 1.18 bits per heavy atom. The number of rotatable bonds is 2. The molecule has 1 fully saturated rings. The molecule has 1 aliphatic rings. The van der Waals surface area contributed by atoms with Gasteiger partial charge in [0, 0.05) is 10.2 Å². The molecule has 0 aromatic heterocycles. The van der Waals surface area contributed by atoms with Gasteiger partial charge >= 0.3 is 6.09 Å². The average molecular weight is 298 g/mol. The van der Waals surface area contributed by atoms with Crippen molar-refractivity contribution < 1.29 is 9.53 Å². The van der Waals surface area contributed by atoms with Crippen LogP contribution in [0.1, 0.15) is 32.1 Å². The lowest BCUT2D eigenvalue weighted by atomic mass is 9.98. The van der Waals surface area contributed by atoms with Gasteiger partial charge in [-0.2, -0.15) is 0 Å². The van der Waals surface area contributed by atoms with Gasteiger partial charge in [-0.25, -0.2) is 4.79 Å². The third-order valence-electron chi connectivity index (χ3n) is 2.92. The summed E-state index contributed by atoms with van der Waals surface area (Å²) in [6, 6.07) is 7.45. The summed E-state index contributed by atoms with van der Waals surface area (Å²) in [5.74, 6) is 0. The molecule has 1 N–H and O–H groups in total. The Balaban J connectivity index is 1.82. The van der Waals surface area contributed by atoms with E-state index in [1.807, 2.05) is 24.3 Å². The van der Waals surface area contributed by atoms with Gasteiger partial charge in [0.05, 0.1) is 0 Å². The molecule has 3 nitrogen and oxygen atoms in total. The second-order valence-electron chi connectivity index (χ2n) is 4.30. The highest BCUT2D eigenvalue weighted by molar-refractivity contribution is 9.10.